The second-order valence-corrected chi connectivity index (χ2v) is 6.14. The molecule has 5 heteroatoms. The summed E-state index contributed by atoms with van der Waals surface area (Å²) in [6, 6.07) is 0. The van der Waals surface area contributed by atoms with Crippen molar-refractivity contribution in [3.8, 4) is 0 Å². The summed E-state index contributed by atoms with van der Waals surface area (Å²) in [7, 11) is 1.84. The number of nitrogens with one attached hydrogen (secondary N) is 1. The summed E-state index contributed by atoms with van der Waals surface area (Å²) in [5.41, 5.74) is 2.00. The Hall–Kier alpha value is -1.65. The van der Waals surface area contributed by atoms with Crippen LogP contribution in [-0.2, 0) is 13.5 Å². The first-order chi connectivity index (χ1) is 10.6. The number of H-pyrrole nitrogens is 1. The number of unbranched alkanes of at least 4 members (excludes halogenated alkanes) is 7. The van der Waals surface area contributed by atoms with E-state index in [2.05, 4.69) is 22.0 Å². The molecule has 0 unspecified atom stereocenters. The van der Waals surface area contributed by atoms with Crippen LogP contribution in [0.3, 0.4) is 0 Å². The molecule has 0 bridgehead atoms. The molecular formula is C17H28N4O. The van der Waals surface area contributed by atoms with Crippen molar-refractivity contribution in [1.82, 2.24) is 19.7 Å². The Bertz CT molecular complexity index is 656. The van der Waals surface area contributed by atoms with E-state index < -0.39 is 0 Å². The topological polar surface area (TPSA) is 63.6 Å². The van der Waals surface area contributed by atoms with Gasteiger partial charge in [-0.05, 0) is 13.3 Å². The maximum atomic E-state index is 12.0. The van der Waals surface area contributed by atoms with Gasteiger partial charge in [0.05, 0.1) is 5.69 Å². The van der Waals surface area contributed by atoms with Crippen LogP contribution in [0.15, 0.2) is 4.79 Å². The zero-order chi connectivity index (χ0) is 15.9. The molecule has 0 fully saturated rings. The van der Waals surface area contributed by atoms with Crippen molar-refractivity contribution < 1.29 is 0 Å². The van der Waals surface area contributed by atoms with Gasteiger partial charge >= 0.3 is 0 Å². The van der Waals surface area contributed by atoms with E-state index in [1.165, 1.54) is 44.9 Å². The first-order valence-corrected chi connectivity index (χ1v) is 8.56. The molecule has 0 atom stereocenters. The van der Waals surface area contributed by atoms with Crippen LogP contribution in [0.2, 0.25) is 0 Å². The largest absolute Gasteiger partial charge is 0.309 e. The highest BCUT2D eigenvalue weighted by molar-refractivity contribution is 5.75. The molecule has 2 rings (SSSR count). The maximum Gasteiger partial charge on any atom is 0.279 e. The Morgan fingerprint density at radius 3 is 2.32 bits per heavy atom. The molecule has 0 saturated carbocycles. The zero-order valence-electron chi connectivity index (χ0n) is 14.1. The molecule has 122 valence electrons. The van der Waals surface area contributed by atoms with Crippen LogP contribution in [-0.4, -0.2) is 19.7 Å². The van der Waals surface area contributed by atoms with Crippen LogP contribution in [0.25, 0.3) is 11.0 Å². The van der Waals surface area contributed by atoms with Gasteiger partial charge in [-0.3, -0.25) is 9.48 Å². The molecule has 0 radical (unpaired) electrons. The molecule has 0 spiro atoms. The van der Waals surface area contributed by atoms with E-state index in [-0.39, 0.29) is 5.56 Å². The number of fused-ring (bicyclic) bond motifs is 1. The second-order valence-electron chi connectivity index (χ2n) is 6.14. The molecule has 0 aliphatic rings. The van der Waals surface area contributed by atoms with Gasteiger partial charge in [-0.15, -0.1) is 0 Å². The molecule has 2 aromatic heterocycles. The van der Waals surface area contributed by atoms with Gasteiger partial charge in [-0.1, -0.05) is 51.9 Å². The van der Waals surface area contributed by atoms with E-state index in [4.69, 9.17) is 0 Å². The number of nitrogens with zero attached hydrogens (tertiary/aromatic N) is 3. The van der Waals surface area contributed by atoms with Crippen molar-refractivity contribution in [1.29, 1.82) is 0 Å². The van der Waals surface area contributed by atoms with Crippen molar-refractivity contribution in [3.05, 3.63) is 21.9 Å². The minimum absolute atomic E-state index is 0.122. The van der Waals surface area contributed by atoms with Crippen molar-refractivity contribution in [2.24, 2.45) is 7.05 Å². The lowest BCUT2D eigenvalue weighted by atomic mass is 10.1. The normalized spacial score (nSPS) is 11.4. The standard InChI is InChI=1S/C17H28N4O/c1-4-5-6-7-8-9-10-11-12-14-18-15-13(2)21(3)20-16(15)17(22)19-14/h4-12H2,1-3H3,(H,18,19,22). The zero-order valence-corrected chi connectivity index (χ0v) is 14.1. The first kappa shape index (κ1) is 16.7. The average molecular weight is 304 g/mol. The molecule has 2 heterocycles. The highest BCUT2D eigenvalue weighted by Gasteiger charge is 2.11. The van der Waals surface area contributed by atoms with Gasteiger partial charge in [0, 0.05) is 13.5 Å². The van der Waals surface area contributed by atoms with Crippen LogP contribution in [0, 0.1) is 6.92 Å². The van der Waals surface area contributed by atoms with Crippen molar-refractivity contribution in [3.63, 3.8) is 0 Å². The van der Waals surface area contributed by atoms with E-state index in [0.717, 1.165) is 29.9 Å². The Kier molecular flexibility index (Phi) is 6.16. The van der Waals surface area contributed by atoms with Gasteiger partial charge in [-0.25, -0.2) is 4.98 Å². The molecule has 0 aromatic carbocycles. The van der Waals surface area contributed by atoms with Crippen molar-refractivity contribution in [2.45, 2.75) is 71.6 Å². The molecule has 2 aromatic rings. The van der Waals surface area contributed by atoms with Crippen LogP contribution >= 0.6 is 0 Å². The molecule has 0 saturated heterocycles. The number of aromatic amines is 1. The first-order valence-electron chi connectivity index (χ1n) is 8.56. The van der Waals surface area contributed by atoms with Gasteiger partial charge in [0.1, 0.15) is 11.3 Å². The van der Waals surface area contributed by atoms with E-state index in [1.807, 2.05) is 14.0 Å². The number of aryl methyl sites for hydroxylation is 3. The molecule has 0 aliphatic heterocycles. The number of aromatic nitrogens is 4. The molecule has 1 N–H and O–H groups in total. The van der Waals surface area contributed by atoms with Crippen LogP contribution in [0.1, 0.15) is 69.8 Å². The lowest BCUT2D eigenvalue weighted by Gasteiger charge is -2.02. The monoisotopic (exact) mass is 304 g/mol. The van der Waals surface area contributed by atoms with Crippen LogP contribution in [0.5, 0.6) is 0 Å². The highest BCUT2D eigenvalue weighted by atomic mass is 16.1. The highest BCUT2D eigenvalue weighted by Crippen LogP contribution is 2.13. The molecule has 5 nitrogen and oxygen atoms in total. The number of rotatable bonds is 9. The van der Waals surface area contributed by atoms with E-state index in [1.54, 1.807) is 4.68 Å². The molecule has 0 amide bonds. The molecule has 0 aliphatic carbocycles. The average Bonchev–Trinajstić information content (AvgIpc) is 2.79. The minimum Gasteiger partial charge on any atom is -0.309 e. The third kappa shape index (κ3) is 4.18. The summed E-state index contributed by atoms with van der Waals surface area (Å²) in [6.45, 7) is 4.19. The van der Waals surface area contributed by atoms with Gasteiger partial charge in [-0.2, -0.15) is 5.10 Å². The van der Waals surface area contributed by atoms with Gasteiger partial charge in [0.25, 0.3) is 5.56 Å². The van der Waals surface area contributed by atoms with Gasteiger partial charge in [0.2, 0.25) is 0 Å². The van der Waals surface area contributed by atoms with Crippen LogP contribution in [0.4, 0.5) is 0 Å². The van der Waals surface area contributed by atoms with Crippen molar-refractivity contribution >= 4 is 11.0 Å². The molecule has 22 heavy (non-hydrogen) atoms. The van der Waals surface area contributed by atoms with E-state index in [9.17, 15) is 4.79 Å². The smallest absolute Gasteiger partial charge is 0.279 e. The van der Waals surface area contributed by atoms with E-state index >= 15 is 0 Å². The maximum absolute atomic E-state index is 12.0. The summed E-state index contributed by atoms with van der Waals surface area (Å²) in [5, 5.41) is 4.21. The second kappa shape index (κ2) is 8.11. The van der Waals surface area contributed by atoms with Gasteiger partial charge in [0.15, 0.2) is 5.52 Å². The van der Waals surface area contributed by atoms with E-state index in [0.29, 0.717) is 5.52 Å². The number of hydrogen-bond acceptors (Lipinski definition) is 3. The summed E-state index contributed by atoms with van der Waals surface area (Å²) in [6.07, 6.45) is 11.1. The summed E-state index contributed by atoms with van der Waals surface area (Å²) in [4.78, 5) is 19.5. The summed E-state index contributed by atoms with van der Waals surface area (Å²) < 4.78 is 1.72. The minimum atomic E-state index is -0.122. The Morgan fingerprint density at radius 2 is 1.64 bits per heavy atom. The molecular weight excluding hydrogens is 276 g/mol. The Labute approximate surface area is 132 Å². The van der Waals surface area contributed by atoms with Crippen LogP contribution < -0.4 is 5.56 Å². The Balaban J connectivity index is 1.82. The third-order valence-corrected chi connectivity index (χ3v) is 4.29. The fraction of sp³-hybridized carbons (Fsp3) is 0.706. The SMILES string of the molecule is CCCCCCCCCCc1nc2c(C)n(C)nc2c(=O)[nH]1. The fourth-order valence-electron chi connectivity index (χ4n) is 2.78. The number of hydrogen-bond donors (Lipinski definition) is 1. The summed E-state index contributed by atoms with van der Waals surface area (Å²) >= 11 is 0. The third-order valence-electron chi connectivity index (χ3n) is 4.29. The lowest BCUT2D eigenvalue weighted by molar-refractivity contribution is 0.572. The van der Waals surface area contributed by atoms with Crippen molar-refractivity contribution in [2.75, 3.05) is 0 Å². The summed E-state index contributed by atoms with van der Waals surface area (Å²) in [5.74, 6) is 0.791. The lowest BCUT2D eigenvalue weighted by Crippen LogP contribution is -2.12. The predicted molar refractivity (Wildman–Crippen MR) is 90.2 cm³/mol. The predicted octanol–water partition coefficient (Wildman–Crippen LogP) is 3.65. The quantitative estimate of drug-likeness (QED) is 0.719. The van der Waals surface area contributed by atoms with Gasteiger partial charge < -0.3 is 4.98 Å². The fourth-order valence-corrected chi connectivity index (χ4v) is 2.78. The Morgan fingerprint density at radius 1 is 1.00 bits per heavy atom.